The molecule has 0 saturated carbocycles. The van der Waals surface area contributed by atoms with E-state index in [0.29, 0.717) is 31.7 Å². The molecule has 1 aliphatic rings. The van der Waals surface area contributed by atoms with Gasteiger partial charge in [-0.25, -0.2) is 4.79 Å². The van der Waals surface area contributed by atoms with Crippen LogP contribution in [0.5, 0.6) is 0 Å². The molecule has 0 radical (unpaired) electrons. The highest BCUT2D eigenvalue weighted by atomic mass is 16.5. The van der Waals surface area contributed by atoms with E-state index in [2.05, 4.69) is 5.32 Å². The van der Waals surface area contributed by atoms with Crippen LogP contribution in [0.3, 0.4) is 0 Å². The Morgan fingerprint density at radius 2 is 2.19 bits per heavy atom. The molecule has 1 heterocycles. The summed E-state index contributed by atoms with van der Waals surface area (Å²) < 4.78 is 5.10. The number of amides is 2. The SMILES string of the molecule is COCc1ccccc1NC(=O)N1CCCC(C(=O)O)C1. The smallest absolute Gasteiger partial charge is 0.321 e. The third-order valence-corrected chi connectivity index (χ3v) is 3.62. The first-order chi connectivity index (χ1) is 10.1. The summed E-state index contributed by atoms with van der Waals surface area (Å²) in [6.07, 6.45) is 1.34. The number of nitrogens with zero attached hydrogens (tertiary/aromatic N) is 1. The van der Waals surface area contributed by atoms with Gasteiger partial charge >= 0.3 is 12.0 Å². The molecule has 114 valence electrons. The number of benzene rings is 1. The van der Waals surface area contributed by atoms with Gasteiger partial charge < -0.3 is 20.1 Å². The molecule has 1 unspecified atom stereocenters. The zero-order valence-electron chi connectivity index (χ0n) is 12.0. The van der Waals surface area contributed by atoms with Gasteiger partial charge in [0.05, 0.1) is 12.5 Å². The molecule has 6 nitrogen and oxygen atoms in total. The summed E-state index contributed by atoms with van der Waals surface area (Å²) in [6.45, 7) is 1.25. The van der Waals surface area contributed by atoms with Crippen LogP contribution < -0.4 is 5.32 Å². The first kappa shape index (κ1) is 15.3. The Kier molecular flexibility index (Phi) is 5.16. The van der Waals surface area contributed by atoms with Crippen molar-refractivity contribution in [3.8, 4) is 0 Å². The minimum atomic E-state index is -0.840. The molecule has 1 aliphatic heterocycles. The molecule has 0 aliphatic carbocycles. The Hall–Kier alpha value is -2.08. The summed E-state index contributed by atoms with van der Waals surface area (Å²) in [5.41, 5.74) is 1.59. The quantitative estimate of drug-likeness (QED) is 0.891. The maximum absolute atomic E-state index is 12.3. The molecule has 0 aromatic heterocycles. The number of para-hydroxylation sites is 1. The van der Waals surface area contributed by atoms with Gasteiger partial charge in [-0.2, -0.15) is 0 Å². The number of urea groups is 1. The first-order valence-electron chi connectivity index (χ1n) is 6.97. The number of carboxylic acids is 1. The molecule has 1 aromatic rings. The molecule has 1 saturated heterocycles. The summed E-state index contributed by atoms with van der Waals surface area (Å²) >= 11 is 0. The van der Waals surface area contributed by atoms with E-state index in [0.717, 1.165) is 5.56 Å². The highest BCUT2D eigenvalue weighted by Gasteiger charge is 2.28. The Labute approximate surface area is 123 Å². The number of anilines is 1. The molecule has 1 atom stereocenters. The lowest BCUT2D eigenvalue weighted by molar-refractivity contribution is -0.143. The second kappa shape index (κ2) is 7.08. The van der Waals surface area contributed by atoms with Crippen molar-refractivity contribution in [1.29, 1.82) is 0 Å². The molecule has 0 spiro atoms. The summed E-state index contributed by atoms with van der Waals surface area (Å²) in [4.78, 5) is 24.9. The molecule has 6 heteroatoms. The number of ether oxygens (including phenoxy) is 1. The standard InChI is InChI=1S/C15H20N2O4/c1-21-10-12-5-2-3-7-13(12)16-15(20)17-8-4-6-11(9-17)14(18)19/h2-3,5,7,11H,4,6,8-10H2,1H3,(H,16,20)(H,18,19). The lowest BCUT2D eigenvalue weighted by Crippen LogP contribution is -2.44. The molecule has 2 N–H and O–H groups in total. The van der Waals surface area contributed by atoms with Crippen LogP contribution in [0, 0.1) is 5.92 Å². The van der Waals surface area contributed by atoms with Crippen molar-refractivity contribution in [1.82, 2.24) is 4.90 Å². The van der Waals surface area contributed by atoms with Crippen molar-refractivity contribution in [2.45, 2.75) is 19.4 Å². The second-order valence-corrected chi connectivity index (χ2v) is 5.14. The van der Waals surface area contributed by atoms with E-state index < -0.39 is 11.9 Å². The minimum absolute atomic E-state index is 0.258. The molecule has 21 heavy (non-hydrogen) atoms. The van der Waals surface area contributed by atoms with Crippen molar-refractivity contribution in [3.63, 3.8) is 0 Å². The number of hydrogen-bond acceptors (Lipinski definition) is 3. The fraction of sp³-hybridized carbons (Fsp3) is 0.467. The van der Waals surface area contributed by atoms with E-state index in [-0.39, 0.29) is 12.6 Å². The Morgan fingerprint density at radius 3 is 2.90 bits per heavy atom. The van der Waals surface area contributed by atoms with Crippen LogP contribution in [-0.2, 0) is 16.1 Å². The maximum atomic E-state index is 12.3. The number of carbonyl (C=O) groups excluding carboxylic acids is 1. The fourth-order valence-corrected chi connectivity index (χ4v) is 2.48. The van der Waals surface area contributed by atoms with E-state index in [4.69, 9.17) is 9.84 Å². The molecule has 2 amide bonds. The Balaban J connectivity index is 2.02. The number of carboxylic acid groups (broad SMARTS) is 1. The van der Waals surface area contributed by atoms with Crippen LogP contribution in [0.4, 0.5) is 10.5 Å². The van der Waals surface area contributed by atoms with Crippen LogP contribution in [0.2, 0.25) is 0 Å². The summed E-state index contributed by atoms with van der Waals surface area (Å²) in [5.74, 6) is -1.31. The first-order valence-corrected chi connectivity index (χ1v) is 6.97. The maximum Gasteiger partial charge on any atom is 0.321 e. The average Bonchev–Trinajstić information content (AvgIpc) is 2.49. The van der Waals surface area contributed by atoms with Gasteiger partial charge in [-0.05, 0) is 18.9 Å². The number of hydrogen-bond donors (Lipinski definition) is 2. The lowest BCUT2D eigenvalue weighted by atomic mass is 9.99. The van der Waals surface area contributed by atoms with Crippen molar-refractivity contribution < 1.29 is 19.4 Å². The van der Waals surface area contributed by atoms with Gasteiger partial charge in [0.25, 0.3) is 0 Å². The van der Waals surface area contributed by atoms with E-state index in [1.807, 2.05) is 24.3 Å². The second-order valence-electron chi connectivity index (χ2n) is 5.14. The Bertz CT molecular complexity index is 518. The minimum Gasteiger partial charge on any atom is -0.481 e. The molecular formula is C15H20N2O4. The van der Waals surface area contributed by atoms with Gasteiger partial charge in [-0.1, -0.05) is 18.2 Å². The Morgan fingerprint density at radius 1 is 1.43 bits per heavy atom. The number of rotatable bonds is 4. The highest BCUT2D eigenvalue weighted by molar-refractivity contribution is 5.90. The van der Waals surface area contributed by atoms with E-state index >= 15 is 0 Å². The van der Waals surface area contributed by atoms with E-state index in [1.54, 1.807) is 12.0 Å². The third kappa shape index (κ3) is 3.95. The molecule has 1 fully saturated rings. The van der Waals surface area contributed by atoms with Gasteiger partial charge in [-0.3, -0.25) is 4.79 Å². The lowest BCUT2D eigenvalue weighted by Gasteiger charge is -2.31. The molecular weight excluding hydrogens is 272 g/mol. The van der Waals surface area contributed by atoms with Crippen LogP contribution in [-0.4, -0.2) is 42.2 Å². The van der Waals surface area contributed by atoms with Gasteiger partial charge in [0.15, 0.2) is 0 Å². The van der Waals surface area contributed by atoms with Crippen LogP contribution in [0.1, 0.15) is 18.4 Å². The zero-order chi connectivity index (χ0) is 15.2. The zero-order valence-corrected chi connectivity index (χ0v) is 12.0. The molecule has 2 rings (SSSR count). The van der Waals surface area contributed by atoms with E-state index in [9.17, 15) is 9.59 Å². The van der Waals surface area contributed by atoms with Crippen LogP contribution in [0.25, 0.3) is 0 Å². The van der Waals surface area contributed by atoms with Gasteiger partial charge in [0.1, 0.15) is 0 Å². The van der Waals surface area contributed by atoms with Gasteiger partial charge in [0.2, 0.25) is 0 Å². The normalized spacial score (nSPS) is 18.3. The third-order valence-electron chi connectivity index (χ3n) is 3.62. The highest BCUT2D eigenvalue weighted by Crippen LogP contribution is 2.20. The number of aliphatic carboxylic acids is 1. The predicted octanol–water partition coefficient (Wildman–Crippen LogP) is 2.16. The van der Waals surface area contributed by atoms with Crippen molar-refractivity contribution in [2.24, 2.45) is 5.92 Å². The van der Waals surface area contributed by atoms with Gasteiger partial charge in [0, 0.05) is 31.5 Å². The average molecular weight is 292 g/mol. The monoisotopic (exact) mass is 292 g/mol. The van der Waals surface area contributed by atoms with Gasteiger partial charge in [-0.15, -0.1) is 0 Å². The number of nitrogens with one attached hydrogen (secondary N) is 1. The van der Waals surface area contributed by atoms with E-state index in [1.165, 1.54) is 0 Å². The number of carbonyl (C=O) groups is 2. The van der Waals surface area contributed by atoms with Crippen molar-refractivity contribution >= 4 is 17.7 Å². The van der Waals surface area contributed by atoms with Crippen molar-refractivity contribution in [3.05, 3.63) is 29.8 Å². The van der Waals surface area contributed by atoms with Crippen molar-refractivity contribution in [2.75, 3.05) is 25.5 Å². The summed E-state index contributed by atoms with van der Waals surface area (Å²) in [7, 11) is 1.60. The number of piperidine rings is 1. The predicted molar refractivity (Wildman–Crippen MR) is 78.1 cm³/mol. The number of methoxy groups -OCH3 is 1. The largest absolute Gasteiger partial charge is 0.481 e. The molecule has 1 aromatic carbocycles. The summed E-state index contributed by atoms with van der Waals surface area (Å²) in [6, 6.07) is 7.15. The topological polar surface area (TPSA) is 78.9 Å². The van der Waals surface area contributed by atoms with Crippen LogP contribution in [0.15, 0.2) is 24.3 Å². The fourth-order valence-electron chi connectivity index (χ4n) is 2.48. The summed E-state index contributed by atoms with van der Waals surface area (Å²) in [5, 5.41) is 11.9. The number of likely N-dealkylation sites (tertiary alicyclic amines) is 1. The molecule has 0 bridgehead atoms. The van der Waals surface area contributed by atoms with Crippen LogP contribution >= 0.6 is 0 Å².